The van der Waals surface area contributed by atoms with E-state index in [0.717, 1.165) is 56.1 Å². The van der Waals surface area contributed by atoms with Crippen LogP contribution in [0, 0.1) is 0 Å². The zero-order chi connectivity index (χ0) is 25.1. The molecule has 5 rings (SSSR count). The van der Waals surface area contributed by atoms with Gasteiger partial charge >= 0.3 is 0 Å². The molecule has 0 bridgehead atoms. The van der Waals surface area contributed by atoms with E-state index < -0.39 is 0 Å². The normalized spacial score (nSPS) is 19.4. The van der Waals surface area contributed by atoms with Gasteiger partial charge in [0.05, 0.1) is 19.0 Å². The topological polar surface area (TPSA) is 94.7 Å². The maximum atomic E-state index is 12.9. The second kappa shape index (κ2) is 10.7. The van der Waals surface area contributed by atoms with Gasteiger partial charge in [-0.25, -0.2) is 4.98 Å². The Balaban J connectivity index is 1.34. The number of piperidine rings is 1. The molecule has 3 heterocycles. The second-order valence-corrected chi connectivity index (χ2v) is 10.1. The number of nitrogens with one attached hydrogen (secondary N) is 3. The summed E-state index contributed by atoms with van der Waals surface area (Å²) in [5.41, 5.74) is 3.17. The number of ether oxygens (including phenoxy) is 1. The minimum atomic E-state index is -0.0748. The first-order chi connectivity index (χ1) is 17.5. The molecule has 36 heavy (non-hydrogen) atoms. The van der Waals surface area contributed by atoms with E-state index in [1.807, 2.05) is 18.3 Å². The summed E-state index contributed by atoms with van der Waals surface area (Å²) in [6.45, 7) is 7.04. The number of aromatic nitrogens is 2. The van der Waals surface area contributed by atoms with E-state index in [1.165, 1.54) is 25.7 Å². The van der Waals surface area contributed by atoms with Crippen molar-refractivity contribution in [1.82, 2.24) is 20.2 Å². The van der Waals surface area contributed by atoms with E-state index in [2.05, 4.69) is 44.4 Å². The highest BCUT2D eigenvalue weighted by molar-refractivity contribution is 5.95. The van der Waals surface area contributed by atoms with Gasteiger partial charge in [0.2, 0.25) is 5.95 Å². The molecule has 1 aromatic carbocycles. The van der Waals surface area contributed by atoms with E-state index in [0.29, 0.717) is 29.0 Å². The predicted octanol–water partition coefficient (Wildman–Crippen LogP) is 4.13. The lowest BCUT2D eigenvalue weighted by Crippen LogP contribution is -2.43. The molecule has 3 N–H and O–H groups in total. The lowest BCUT2D eigenvalue weighted by molar-refractivity contribution is 0.0916. The van der Waals surface area contributed by atoms with E-state index >= 15 is 0 Å². The summed E-state index contributed by atoms with van der Waals surface area (Å²) in [6.07, 6.45) is 9.53. The highest BCUT2D eigenvalue weighted by Gasteiger charge is 2.28. The largest absolute Gasteiger partial charge is 0.495 e. The molecule has 0 unspecified atom stereocenters. The van der Waals surface area contributed by atoms with Crippen molar-refractivity contribution >= 4 is 29.0 Å². The van der Waals surface area contributed by atoms with Crippen molar-refractivity contribution in [3.63, 3.8) is 0 Å². The zero-order valence-corrected chi connectivity index (χ0v) is 21.3. The molecule has 3 aliphatic rings. The van der Waals surface area contributed by atoms with Crippen molar-refractivity contribution < 1.29 is 9.53 Å². The zero-order valence-electron chi connectivity index (χ0n) is 21.3. The first kappa shape index (κ1) is 24.4. The molecular formula is C27H37N7O2. The van der Waals surface area contributed by atoms with Gasteiger partial charge in [-0.15, -0.1) is 0 Å². The van der Waals surface area contributed by atoms with Crippen molar-refractivity contribution in [1.29, 1.82) is 0 Å². The van der Waals surface area contributed by atoms with Gasteiger partial charge in [-0.3, -0.25) is 4.79 Å². The third-order valence-corrected chi connectivity index (χ3v) is 7.54. The van der Waals surface area contributed by atoms with Crippen molar-refractivity contribution in [2.45, 2.75) is 57.0 Å². The summed E-state index contributed by atoms with van der Waals surface area (Å²) in [4.78, 5) is 27.0. The third-order valence-electron chi connectivity index (χ3n) is 7.54. The van der Waals surface area contributed by atoms with Crippen molar-refractivity contribution in [2.24, 2.45) is 0 Å². The SMILES string of the molecule is C=C1CCN(C2CCCC2)c2nc(Nc3ccc(C(=O)NC4CCN(C)CC4)cc3OC)ncc2N1. The molecule has 0 spiro atoms. The van der Waals surface area contributed by atoms with Gasteiger partial charge in [-0.05, 0) is 64.0 Å². The Bertz CT molecular complexity index is 1110. The highest BCUT2D eigenvalue weighted by atomic mass is 16.5. The fourth-order valence-electron chi connectivity index (χ4n) is 5.40. The standard InChI is InChI=1S/C27H37N7O2/c1-18-10-15-34(21-6-4-5-7-21)25-23(29-18)17-28-27(32-25)31-22-9-8-19(16-24(22)36-3)26(35)30-20-11-13-33(2)14-12-20/h8-9,16-17,20-21,29H,1,4-7,10-15H2,2-3H3,(H,30,35)(H,28,31,32). The Morgan fingerprint density at radius 3 is 2.69 bits per heavy atom. The monoisotopic (exact) mass is 491 g/mol. The van der Waals surface area contributed by atoms with Crippen LogP contribution >= 0.6 is 0 Å². The van der Waals surface area contributed by atoms with Crippen LogP contribution in [0.25, 0.3) is 0 Å². The minimum Gasteiger partial charge on any atom is -0.495 e. The van der Waals surface area contributed by atoms with Gasteiger partial charge < -0.3 is 30.5 Å². The summed E-state index contributed by atoms with van der Waals surface area (Å²) < 4.78 is 5.62. The highest BCUT2D eigenvalue weighted by Crippen LogP contribution is 2.36. The van der Waals surface area contributed by atoms with Gasteiger partial charge in [0.25, 0.3) is 5.91 Å². The van der Waals surface area contributed by atoms with Crippen LogP contribution in [-0.4, -0.2) is 66.7 Å². The average molecular weight is 492 g/mol. The molecule has 9 heteroatoms. The number of anilines is 4. The van der Waals surface area contributed by atoms with Gasteiger partial charge in [0.15, 0.2) is 5.82 Å². The smallest absolute Gasteiger partial charge is 0.251 e. The number of amides is 1. The summed E-state index contributed by atoms with van der Waals surface area (Å²) in [6, 6.07) is 6.14. The number of methoxy groups -OCH3 is 1. The Morgan fingerprint density at radius 2 is 1.94 bits per heavy atom. The van der Waals surface area contributed by atoms with Crippen LogP contribution in [-0.2, 0) is 0 Å². The van der Waals surface area contributed by atoms with Crippen LogP contribution in [0.4, 0.5) is 23.1 Å². The molecule has 192 valence electrons. The van der Waals surface area contributed by atoms with Gasteiger partial charge in [0.1, 0.15) is 11.4 Å². The van der Waals surface area contributed by atoms with E-state index in [4.69, 9.17) is 9.72 Å². The number of nitrogens with zero attached hydrogens (tertiary/aromatic N) is 4. The maximum Gasteiger partial charge on any atom is 0.251 e. The second-order valence-electron chi connectivity index (χ2n) is 10.1. The average Bonchev–Trinajstić information content (AvgIpc) is 3.36. The lowest BCUT2D eigenvalue weighted by Gasteiger charge is -2.29. The number of hydrogen-bond acceptors (Lipinski definition) is 8. The van der Waals surface area contributed by atoms with Crippen LogP contribution in [0.15, 0.2) is 36.7 Å². The molecule has 1 saturated heterocycles. The summed E-state index contributed by atoms with van der Waals surface area (Å²) in [7, 11) is 3.72. The molecule has 9 nitrogen and oxygen atoms in total. The third kappa shape index (κ3) is 5.41. The molecule has 1 aliphatic carbocycles. The number of carbonyl (C=O) groups excluding carboxylic acids is 1. The number of likely N-dealkylation sites (tertiary alicyclic amines) is 1. The number of carbonyl (C=O) groups is 1. The van der Waals surface area contributed by atoms with Crippen molar-refractivity contribution in [2.75, 3.05) is 49.3 Å². The Hall–Kier alpha value is -3.33. The molecule has 0 radical (unpaired) electrons. The molecule has 0 atom stereocenters. The van der Waals surface area contributed by atoms with Crippen molar-refractivity contribution in [3.05, 3.63) is 42.2 Å². The molecule has 1 amide bonds. The quantitative estimate of drug-likeness (QED) is 0.555. The van der Waals surface area contributed by atoms with Crippen molar-refractivity contribution in [3.8, 4) is 5.75 Å². The number of hydrogen-bond donors (Lipinski definition) is 3. The maximum absolute atomic E-state index is 12.9. The van der Waals surface area contributed by atoms with Crippen LogP contribution in [0.2, 0.25) is 0 Å². The molecule has 1 saturated carbocycles. The van der Waals surface area contributed by atoms with Gasteiger partial charge in [-0.2, -0.15) is 4.98 Å². The van der Waals surface area contributed by atoms with Gasteiger partial charge in [0, 0.05) is 36.3 Å². The molecular weight excluding hydrogens is 454 g/mol. The van der Waals surface area contributed by atoms with Crippen LogP contribution < -0.4 is 25.6 Å². The fourth-order valence-corrected chi connectivity index (χ4v) is 5.40. The van der Waals surface area contributed by atoms with E-state index in [-0.39, 0.29) is 11.9 Å². The summed E-state index contributed by atoms with van der Waals surface area (Å²) in [5, 5.41) is 9.86. The summed E-state index contributed by atoms with van der Waals surface area (Å²) in [5.74, 6) is 1.90. The molecule has 2 aromatic rings. The Labute approximate surface area is 213 Å². The summed E-state index contributed by atoms with van der Waals surface area (Å²) >= 11 is 0. The number of fused-ring (bicyclic) bond motifs is 1. The van der Waals surface area contributed by atoms with Crippen LogP contribution in [0.3, 0.4) is 0 Å². The van der Waals surface area contributed by atoms with E-state index in [1.54, 1.807) is 13.2 Å². The number of rotatable bonds is 6. The van der Waals surface area contributed by atoms with Crippen LogP contribution in [0.5, 0.6) is 5.75 Å². The van der Waals surface area contributed by atoms with Gasteiger partial charge in [-0.1, -0.05) is 19.4 Å². The minimum absolute atomic E-state index is 0.0748. The molecule has 1 aromatic heterocycles. The fraction of sp³-hybridized carbons (Fsp3) is 0.519. The Morgan fingerprint density at radius 1 is 1.17 bits per heavy atom. The first-order valence-corrected chi connectivity index (χ1v) is 13.0. The number of benzene rings is 1. The first-order valence-electron chi connectivity index (χ1n) is 13.0. The van der Waals surface area contributed by atoms with E-state index in [9.17, 15) is 4.79 Å². The lowest BCUT2D eigenvalue weighted by atomic mass is 10.0. The predicted molar refractivity (Wildman–Crippen MR) is 143 cm³/mol. The Kier molecular flexibility index (Phi) is 7.27. The molecule has 2 aliphatic heterocycles. The van der Waals surface area contributed by atoms with Crippen LogP contribution in [0.1, 0.15) is 55.3 Å². The molecule has 2 fully saturated rings.